The van der Waals surface area contributed by atoms with Crippen LogP contribution in [0.5, 0.6) is 0 Å². The maximum Gasteiger partial charge on any atom is 0.353 e. The van der Waals surface area contributed by atoms with Crippen LogP contribution in [0.25, 0.3) is 0 Å². The number of aliphatic hydroxyl groups is 1. The third kappa shape index (κ3) is 4.15. The molecule has 3 fully saturated rings. The van der Waals surface area contributed by atoms with E-state index in [0.717, 1.165) is 6.42 Å². The van der Waals surface area contributed by atoms with Gasteiger partial charge in [0.2, 0.25) is 5.91 Å². The Bertz CT molecular complexity index is 784. The van der Waals surface area contributed by atoms with Crippen molar-refractivity contribution in [2.24, 2.45) is 11.8 Å². The third-order valence-electron chi connectivity index (χ3n) is 6.58. The number of fused-ring (bicyclic) bond motifs is 1. The maximum absolute atomic E-state index is 12.5. The molecule has 4 aliphatic heterocycles. The van der Waals surface area contributed by atoms with Crippen molar-refractivity contribution in [1.82, 2.24) is 20.4 Å². The number of carbonyl (C=O) groups excluding carboxylic acids is 2. The quantitative estimate of drug-likeness (QED) is 0.401. The molecule has 4 aliphatic rings. The lowest BCUT2D eigenvalue weighted by molar-refractivity contribution is -0.163. The summed E-state index contributed by atoms with van der Waals surface area (Å²) in [5.74, 6) is -2.09. The summed E-state index contributed by atoms with van der Waals surface area (Å²) in [6, 6.07) is -0.274. The first-order valence-corrected chi connectivity index (χ1v) is 11.7. The highest BCUT2D eigenvalue weighted by Crippen LogP contribution is 2.51. The number of rotatable bonds is 6. The van der Waals surface area contributed by atoms with Crippen molar-refractivity contribution >= 4 is 29.7 Å². The van der Waals surface area contributed by atoms with Gasteiger partial charge < -0.3 is 35.4 Å². The fourth-order valence-corrected chi connectivity index (χ4v) is 6.49. The summed E-state index contributed by atoms with van der Waals surface area (Å²) in [6.07, 6.45) is -0.0153. The van der Waals surface area contributed by atoms with Crippen LogP contribution in [0.1, 0.15) is 20.3 Å². The van der Waals surface area contributed by atoms with Crippen molar-refractivity contribution in [2.45, 2.75) is 43.7 Å². The molecule has 4 rings (SSSR count). The highest BCUT2D eigenvalue weighted by Gasteiger charge is 2.60. The molecule has 31 heavy (non-hydrogen) atoms. The number of ether oxygens (including phenoxy) is 1. The summed E-state index contributed by atoms with van der Waals surface area (Å²) in [6.45, 7) is 7.02. The summed E-state index contributed by atoms with van der Waals surface area (Å²) in [5, 5.41) is 26.2. The van der Waals surface area contributed by atoms with Crippen LogP contribution in [0.3, 0.4) is 0 Å². The van der Waals surface area contributed by atoms with Crippen LogP contribution in [0.15, 0.2) is 10.6 Å². The van der Waals surface area contributed by atoms with Gasteiger partial charge in [0.25, 0.3) is 0 Å². The molecular weight excluding hydrogens is 424 g/mol. The summed E-state index contributed by atoms with van der Waals surface area (Å²) in [5.41, 5.74) is 0.0634. The van der Waals surface area contributed by atoms with Gasteiger partial charge in [-0.15, -0.1) is 11.8 Å². The van der Waals surface area contributed by atoms with E-state index in [9.17, 15) is 24.6 Å². The molecule has 0 bridgehead atoms. The molecule has 172 valence electrons. The predicted octanol–water partition coefficient (Wildman–Crippen LogP) is -0.354. The van der Waals surface area contributed by atoms with Crippen LogP contribution in [-0.2, 0) is 14.3 Å². The van der Waals surface area contributed by atoms with Crippen LogP contribution in [0.2, 0.25) is 0 Å². The molecule has 0 aromatic rings. The number of hydrogen-bond donors (Lipinski definition) is 4. The molecule has 11 heteroatoms. The number of nitrogens with zero attached hydrogens (tertiary/aromatic N) is 2. The van der Waals surface area contributed by atoms with Crippen LogP contribution in [0.4, 0.5) is 4.79 Å². The Labute approximate surface area is 185 Å². The molecule has 0 spiro atoms. The Hall–Kier alpha value is -1.82. The molecule has 0 saturated carbocycles. The summed E-state index contributed by atoms with van der Waals surface area (Å²) < 4.78 is 5.26. The second-order valence-corrected chi connectivity index (χ2v) is 9.98. The van der Waals surface area contributed by atoms with Gasteiger partial charge in [0.15, 0.2) is 0 Å². The van der Waals surface area contributed by atoms with Crippen LogP contribution < -0.4 is 10.6 Å². The fourth-order valence-electron chi connectivity index (χ4n) is 4.97. The first-order chi connectivity index (χ1) is 14.8. The van der Waals surface area contributed by atoms with Gasteiger partial charge in [-0.1, -0.05) is 6.92 Å². The highest BCUT2D eigenvalue weighted by molar-refractivity contribution is 8.03. The molecule has 0 aromatic carbocycles. The standard InChI is InChI=1S/C20H30N4O6S/c1-10-15-14(11(2)25)18(26)24(15)16(19(27)28)17(10)31-13-7-12(21-9-13)8-22-20(29)23-3-5-30-6-4-23/h10-15,21,25H,3-9H2,1-2H3,(H,22,29)(H,27,28)/t10-,11-,12+,13+,14?,15-/m1/s1. The van der Waals surface area contributed by atoms with E-state index in [1.807, 2.05) is 6.92 Å². The molecule has 0 aliphatic carbocycles. The number of aliphatic hydroxyl groups excluding tert-OH is 1. The molecule has 6 atom stereocenters. The van der Waals surface area contributed by atoms with E-state index in [1.54, 1.807) is 11.8 Å². The minimum atomic E-state index is -1.10. The zero-order valence-electron chi connectivity index (χ0n) is 17.7. The second-order valence-electron chi connectivity index (χ2n) is 8.64. The van der Waals surface area contributed by atoms with Gasteiger partial charge in [0, 0.05) is 48.3 Å². The number of nitrogens with one attached hydrogen (secondary N) is 2. The number of carboxylic acids is 1. The monoisotopic (exact) mass is 454 g/mol. The number of β-lactam (4-membered cyclic amide) rings is 1. The maximum atomic E-state index is 12.5. The van der Waals surface area contributed by atoms with E-state index in [1.165, 1.54) is 16.7 Å². The average molecular weight is 455 g/mol. The minimum Gasteiger partial charge on any atom is -0.477 e. The van der Waals surface area contributed by atoms with E-state index in [2.05, 4.69) is 10.6 Å². The summed E-state index contributed by atoms with van der Waals surface area (Å²) in [4.78, 5) is 40.5. The average Bonchev–Trinajstić information content (AvgIpc) is 3.28. The van der Waals surface area contributed by atoms with Gasteiger partial charge in [-0.2, -0.15) is 0 Å². The Morgan fingerprint density at radius 3 is 2.71 bits per heavy atom. The fraction of sp³-hybridized carbons (Fsp3) is 0.750. The number of thioether (sulfide) groups is 1. The van der Waals surface area contributed by atoms with Crippen molar-refractivity contribution in [2.75, 3.05) is 39.4 Å². The van der Waals surface area contributed by atoms with E-state index in [4.69, 9.17) is 4.74 Å². The van der Waals surface area contributed by atoms with Crippen molar-refractivity contribution in [3.63, 3.8) is 0 Å². The van der Waals surface area contributed by atoms with Crippen LogP contribution >= 0.6 is 11.8 Å². The number of carbonyl (C=O) groups is 3. The van der Waals surface area contributed by atoms with Crippen molar-refractivity contribution in [1.29, 1.82) is 0 Å². The molecule has 1 unspecified atom stereocenters. The number of hydrogen-bond acceptors (Lipinski definition) is 7. The first kappa shape index (κ1) is 22.4. The summed E-state index contributed by atoms with van der Waals surface area (Å²) >= 11 is 1.51. The van der Waals surface area contributed by atoms with Gasteiger partial charge in [-0.3, -0.25) is 4.79 Å². The smallest absolute Gasteiger partial charge is 0.353 e. The number of morpholine rings is 1. The SMILES string of the molecule is C[C@@H](O)C1C(=O)N2C(C(=O)O)=C(S[C@@H]3CN[C@H](CNC(=O)N4CCOCC4)C3)[C@H](C)[C@H]12. The van der Waals surface area contributed by atoms with Crippen molar-refractivity contribution in [3.8, 4) is 0 Å². The Kier molecular flexibility index (Phi) is 6.47. The topological polar surface area (TPSA) is 131 Å². The number of carboxylic acid groups (broad SMARTS) is 1. The molecule has 3 saturated heterocycles. The summed E-state index contributed by atoms with van der Waals surface area (Å²) in [7, 11) is 0. The minimum absolute atomic E-state index is 0.0634. The highest BCUT2D eigenvalue weighted by atomic mass is 32.2. The van der Waals surface area contributed by atoms with Gasteiger partial charge in [0.05, 0.1) is 31.3 Å². The van der Waals surface area contributed by atoms with Gasteiger partial charge in [0.1, 0.15) is 5.70 Å². The molecule has 10 nitrogen and oxygen atoms in total. The number of amides is 3. The lowest BCUT2D eigenvalue weighted by atomic mass is 9.79. The largest absolute Gasteiger partial charge is 0.477 e. The van der Waals surface area contributed by atoms with E-state index < -0.39 is 18.0 Å². The zero-order chi connectivity index (χ0) is 22.3. The lowest BCUT2D eigenvalue weighted by Crippen LogP contribution is -2.63. The van der Waals surface area contributed by atoms with Crippen LogP contribution in [-0.4, -0.2) is 101 Å². The third-order valence-corrected chi connectivity index (χ3v) is 8.10. The van der Waals surface area contributed by atoms with Crippen molar-refractivity contribution in [3.05, 3.63) is 10.6 Å². The van der Waals surface area contributed by atoms with E-state index in [-0.39, 0.29) is 40.9 Å². The molecule has 4 heterocycles. The molecule has 4 N–H and O–H groups in total. The Morgan fingerprint density at radius 2 is 2.06 bits per heavy atom. The number of aliphatic carboxylic acids is 1. The van der Waals surface area contributed by atoms with Gasteiger partial charge in [-0.05, 0) is 13.3 Å². The van der Waals surface area contributed by atoms with Gasteiger partial charge in [-0.25, -0.2) is 9.59 Å². The first-order valence-electron chi connectivity index (χ1n) is 10.8. The molecule has 3 amide bonds. The Balaban J connectivity index is 1.34. The van der Waals surface area contributed by atoms with Crippen molar-refractivity contribution < 1.29 is 29.3 Å². The zero-order valence-corrected chi connectivity index (χ0v) is 18.6. The second kappa shape index (κ2) is 8.97. The van der Waals surface area contributed by atoms with Gasteiger partial charge >= 0.3 is 12.0 Å². The molecule has 0 radical (unpaired) electrons. The molecular formula is C20H30N4O6S. The molecule has 0 aromatic heterocycles. The number of urea groups is 1. The normalized spacial score (nSPS) is 33.9. The van der Waals surface area contributed by atoms with E-state index >= 15 is 0 Å². The lowest BCUT2D eigenvalue weighted by Gasteiger charge is -2.46. The van der Waals surface area contributed by atoms with Crippen LogP contribution in [0, 0.1) is 11.8 Å². The predicted molar refractivity (Wildman–Crippen MR) is 113 cm³/mol. The van der Waals surface area contributed by atoms with E-state index in [0.29, 0.717) is 44.3 Å². The Morgan fingerprint density at radius 1 is 1.35 bits per heavy atom.